The van der Waals surface area contributed by atoms with Gasteiger partial charge in [-0.3, -0.25) is 9.59 Å². The number of hydrogen-bond donors (Lipinski definition) is 0. The maximum absolute atomic E-state index is 13.7. The highest BCUT2D eigenvalue weighted by Crippen LogP contribution is 2.43. The molecule has 0 aromatic heterocycles. The Labute approximate surface area is 624 Å². The standard InChI is InChI=1S/C50H64N2O2.C46H52N2O2/c1-10-12-16-40(11-2)33-52(46-28-18-37(7)32-39(46)9)44-25-21-42(22-26-44)48-49(53)47(50(48)54)41-19-23-43(24-20-41)51(45-27-17-36(6)31-38(45)8)30-29-35(5)15-13-14-34(3)4;1-31-15-25-41(33(3)27-31)47(29-35-11-7-5-8-12-35)39-21-17-37(18-22-39)43-45(49)44(46(43)50)38-19-23-40(24-20-38)48(30-36-13-9-6-10-14-36)42-26-16-32(2)28-34(42)4/h17-28,31-32,34-35,40H,10-16,29-30,33H2,1-9H3;15-28,35-36H,5-14,29-30H2,1-4H3. The second kappa shape index (κ2) is 35.3. The van der Waals surface area contributed by atoms with Crippen molar-refractivity contribution in [3.8, 4) is 0 Å². The van der Waals surface area contributed by atoms with Crippen LogP contribution in [0.3, 0.4) is 0 Å². The predicted octanol–water partition coefficient (Wildman–Crippen LogP) is 22.1. The lowest BCUT2D eigenvalue weighted by molar-refractivity contribution is -0.449. The first kappa shape index (κ1) is 76.3. The van der Waals surface area contributed by atoms with E-state index in [0.717, 1.165) is 67.7 Å². The van der Waals surface area contributed by atoms with E-state index >= 15 is 0 Å². The van der Waals surface area contributed by atoms with Crippen LogP contribution in [0.25, 0.3) is 11.1 Å². The van der Waals surface area contributed by atoms with Gasteiger partial charge >= 0.3 is 0 Å². The number of unbranched alkanes of at least 4 members (excludes halogenated alkanes) is 1. The molecular formula is C96H116N4O4. The van der Waals surface area contributed by atoms with Crippen LogP contribution >= 0.6 is 0 Å². The third-order valence-corrected chi connectivity index (χ3v) is 22.9. The SMILES string of the molecule is CCCCC(CC)C[N+](=C1C=CC(=C2C(=O)C(c3ccc(N(CCC(C)CCCC(C)C)c4ccc(C)cc4C)cc3)=C2[O-])C=C1)c1ccc(C)cc1C.Cc1ccc(N(CC2CCCCC2)c2ccc(C3=C([O-])C(=C4C=CC(=[N+](CC5CCCCC5)c5ccc(C)cc5C)C=C4)C3=O)cc2)c(C)c1. The van der Waals surface area contributed by atoms with Gasteiger partial charge in [0.15, 0.2) is 24.7 Å². The zero-order chi connectivity index (χ0) is 73.7. The van der Waals surface area contributed by atoms with Crippen LogP contribution < -0.4 is 20.0 Å². The van der Waals surface area contributed by atoms with E-state index in [1.165, 1.54) is 170 Å². The topological polar surface area (TPSA) is 92.8 Å². The van der Waals surface area contributed by atoms with Gasteiger partial charge in [-0.25, -0.2) is 0 Å². The maximum atomic E-state index is 13.7. The van der Waals surface area contributed by atoms with Crippen molar-refractivity contribution in [3.63, 3.8) is 0 Å². The zero-order valence-corrected chi connectivity index (χ0v) is 65.0. The molecule has 6 aliphatic rings. The van der Waals surface area contributed by atoms with E-state index in [2.05, 4.69) is 230 Å². The molecule has 0 heterocycles. The summed E-state index contributed by atoms with van der Waals surface area (Å²) in [6, 6.07) is 42.8. The first-order valence-electron chi connectivity index (χ1n) is 39.7. The smallest absolute Gasteiger partial charge is 0.208 e. The number of allylic oxidation sites excluding steroid dienone is 14. The van der Waals surface area contributed by atoms with Crippen molar-refractivity contribution in [2.45, 2.75) is 206 Å². The van der Waals surface area contributed by atoms with Crippen LogP contribution in [0.5, 0.6) is 0 Å². The molecule has 6 aliphatic carbocycles. The van der Waals surface area contributed by atoms with Gasteiger partial charge in [-0.1, -0.05) is 200 Å². The van der Waals surface area contributed by atoms with Crippen LogP contribution in [-0.2, 0) is 9.59 Å². The molecule has 2 atom stereocenters. The van der Waals surface area contributed by atoms with E-state index in [9.17, 15) is 19.8 Å². The largest absolute Gasteiger partial charge is 0.871 e. The van der Waals surface area contributed by atoms with Crippen LogP contribution in [0.4, 0.5) is 34.1 Å². The van der Waals surface area contributed by atoms with Crippen molar-refractivity contribution < 1.29 is 29.0 Å². The number of rotatable bonds is 25. The van der Waals surface area contributed by atoms with Gasteiger partial charge in [-0.2, -0.15) is 9.15 Å². The molecule has 0 spiro atoms. The van der Waals surface area contributed by atoms with Crippen molar-refractivity contribution in [3.05, 3.63) is 259 Å². The van der Waals surface area contributed by atoms with Crippen LogP contribution in [0, 0.1) is 85.0 Å². The third-order valence-electron chi connectivity index (χ3n) is 22.9. The zero-order valence-electron chi connectivity index (χ0n) is 65.0. The molecule has 104 heavy (non-hydrogen) atoms. The number of carbonyl (C=O) groups is 2. The molecule has 2 fully saturated rings. The molecule has 2 saturated carbocycles. The van der Waals surface area contributed by atoms with E-state index in [1.807, 2.05) is 48.6 Å². The van der Waals surface area contributed by atoms with Crippen molar-refractivity contribution in [2.24, 2.45) is 29.6 Å². The quantitative estimate of drug-likeness (QED) is 0.0419. The lowest BCUT2D eigenvalue weighted by Crippen LogP contribution is -2.30. The summed E-state index contributed by atoms with van der Waals surface area (Å²) in [7, 11) is 0. The van der Waals surface area contributed by atoms with E-state index in [1.54, 1.807) is 0 Å². The fourth-order valence-corrected chi connectivity index (χ4v) is 16.7. The summed E-state index contributed by atoms with van der Waals surface area (Å²) in [6.07, 6.45) is 38.8. The molecule has 0 bridgehead atoms. The predicted molar refractivity (Wildman–Crippen MR) is 434 cm³/mol. The Bertz CT molecular complexity index is 4410. The number of aryl methyl sites for hydroxylation is 8. The van der Waals surface area contributed by atoms with Crippen molar-refractivity contribution in [1.82, 2.24) is 0 Å². The van der Waals surface area contributed by atoms with Gasteiger partial charge in [0.05, 0.1) is 0 Å². The first-order chi connectivity index (χ1) is 50.2. The van der Waals surface area contributed by atoms with Crippen LogP contribution in [-0.4, -0.2) is 58.3 Å². The molecule has 6 aromatic rings. The lowest BCUT2D eigenvalue weighted by Gasteiger charge is -2.34. The monoisotopic (exact) mass is 1390 g/mol. The summed E-state index contributed by atoms with van der Waals surface area (Å²) in [5.41, 5.74) is 23.2. The van der Waals surface area contributed by atoms with E-state index in [0.29, 0.717) is 57.1 Å². The molecule has 0 saturated heterocycles. The van der Waals surface area contributed by atoms with Gasteiger partial charge < -0.3 is 20.0 Å². The highest BCUT2D eigenvalue weighted by molar-refractivity contribution is 6.40. The molecule has 12 rings (SSSR count). The minimum Gasteiger partial charge on any atom is -0.871 e. The Morgan fingerprint density at radius 2 is 0.875 bits per heavy atom. The van der Waals surface area contributed by atoms with Crippen LogP contribution in [0.15, 0.2) is 204 Å². The second-order valence-corrected chi connectivity index (χ2v) is 31.8. The normalized spacial score (nSPS) is 16.9. The number of ketones is 2. The number of nitrogens with zero attached hydrogens (tertiary/aromatic N) is 4. The average Bonchev–Trinajstić information content (AvgIpc) is 0.749. The van der Waals surface area contributed by atoms with Crippen molar-refractivity contribution in [1.29, 1.82) is 0 Å². The summed E-state index contributed by atoms with van der Waals surface area (Å²) in [6.45, 7) is 32.6. The van der Waals surface area contributed by atoms with Gasteiger partial charge in [0, 0.05) is 118 Å². The van der Waals surface area contributed by atoms with Gasteiger partial charge in [0.25, 0.3) is 0 Å². The van der Waals surface area contributed by atoms with Crippen LogP contribution in [0.1, 0.15) is 206 Å². The summed E-state index contributed by atoms with van der Waals surface area (Å²) in [5, 5.41) is 27.3. The molecule has 0 N–H and O–H groups in total. The van der Waals surface area contributed by atoms with Gasteiger partial charge in [0.2, 0.25) is 22.8 Å². The summed E-state index contributed by atoms with van der Waals surface area (Å²) in [4.78, 5) is 32.1. The number of benzene rings is 6. The minimum absolute atomic E-state index is 0.155. The highest BCUT2D eigenvalue weighted by atomic mass is 16.3. The number of hydrogen-bond acceptors (Lipinski definition) is 6. The lowest BCUT2D eigenvalue weighted by atomic mass is 9.80. The first-order valence-corrected chi connectivity index (χ1v) is 39.7. The Morgan fingerprint density at radius 3 is 1.32 bits per heavy atom. The fraction of sp³-hybridized carbons (Fsp3) is 0.417. The summed E-state index contributed by atoms with van der Waals surface area (Å²) < 4.78 is 4.86. The van der Waals surface area contributed by atoms with Crippen molar-refractivity contribution >= 4 is 68.3 Å². The Hall–Kier alpha value is -8.88. The second-order valence-electron chi connectivity index (χ2n) is 31.8. The van der Waals surface area contributed by atoms with E-state index < -0.39 is 0 Å². The molecule has 6 aromatic carbocycles. The van der Waals surface area contributed by atoms with Crippen molar-refractivity contribution in [2.75, 3.05) is 36.0 Å². The summed E-state index contributed by atoms with van der Waals surface area (Å²) in [5.74, 6) is 2.64. The molecule has 8 heteroatoms. The number of Topliss-reactive ketones (excluding diaryl/α,β-unsaturated/α-hetero) is 2. The fourth-order valence-electron chi connectivity index (χ4n) is 16.7. The number of carbonyl (C=O) groups excluding carboxylic acids is 2. The van der Waals surface area contributed by atoms with E-state index in [-0.39, 0.29) is 34.2 Å². The Kier molecular flexibility index (Phi) is 25.9. The highest BCUT2D eigenvalue weighted by Gasteiger charge is 2.34. The molecule has 544 valence electrons. The molecule has 2 unspecified atom stereocenters. The van der Waals surface area contributed by atoms with Crippen LogP contribution in [0.2, 0.25) is 0 Å². The summed E-state index contributed by atoms with van der Waals surface area (Å²) >= 11 is 0. The van der Waals surface area contributed by atoms with Gasteiger partial charge in [-0.05, 0) is 224 Å². The van der Waals surface area contributed by atoms with E-state index in [4.69, 9.17) is 0 Å². The van der Waals surface area contributed by atoms with Gasteiger partial charge in [0.1, 0.15) is 0 Å². The molecule has 0 aliphatic heterocycles. The Morgan fingerprint density at radius 1 is 0.442 bits per heavy atom. The average molecular weight is 1390 g/mol. The van der Waals surface area contributed by atoms with Gasteiger partial charge in [-0.15, -0.1) is 0 Å². The molecule has 8 nitrogen and oxygen atoms in total. The third kappa shape index (κ3) is 18.2. The molecule has 0 radical (unpaired) electrons. The maximum Gasteiger partial charge on any atom is 0.208 e. The molecule has 0 amide bonds. The molecular weight excluding hydrogens is 1270 g/mol. The number of anilines is 4. The minimum atomic E-state index is -0.168. The Balaban J connectivity index is 0.000000209.